The molecule has 0 saturated heterocycles. The fraction of sp³-hybridized carbons (Fsp3) is 0.0938. The van der Waals surface area contributed by atoms with Crippen LogP contribution in [0.1, 0.15) is 32.6 Å². The lowest BCUT2D eigenvalue weighted by molar-refractivity contribution is 0.0954. The van der Waals surface area contributed by atoms with Crippen LogP contribution in [-0.4, -0.2) is 33.1 Å². The predicted molar refractivity (Wildman–Crippen MR) is 158 cm³/mol. The third-order valence-electron chi connectivity index (χ3n) is 6.74. The Morgan fingerprint density at radius 2 is 1.73 bits per heavy atom. The summed E-state index contributed by atoms with van der Waals surface area (Å²) in [6, 6.07) is 23.0. The largest absolute Gasteiger partial charge is 0.352 e. The molecule has 0 bridgehead atoms. The first-order valence-corrected chi connectivity index (χ1v) is 13.4. The van der Waals surface area contributed by atoms with Crippen LogP contribution in [-0.2, 0) is 13.0 Å². The van der Waals surface area contributed by atoms with Gasteiger partial charge in [0.25, 0.3) is 5.91 Å². The van der Waals surface area contributed by atoms with E-state index >= 15 is 0 Å². The summed E-state index contributed by atoms with van der Waals surface area (Å²) >= 11 is 6.35. The van der Waals surface area contributed by atoms with Crippen molar-refractivity contribution in [1.29, 1.82) is 0 Å². The summed E-state index contributed by atoms with van der Waals surface area (Å²) in [5, 5.41) is 6.68. The number of hydrogen-bond donors (Lipinski definition) is 2. The Balaban J connectivity index is 1.20. The second-order valence-corrected chi connectivity index (χ2v) is 9.90. The van der Waals surface area contributed by atoms with Crippen molar-refractivity contribution in [3.05, 3.63) is 136 Å². The molecule has 1 amide bonds. The molecule has 3 aromatic carbocycles. The summed E-state index contributed by atoms with van der Waals surface area (Å²) in [4.78, 5) is 30.6. The molecule has 0 unspecified atom stereocenters. The molecule has 0 saturated carbocycles. The van der Waals surface area contributed by atoms with Crippen LogP contribution in [0.2, 0.25) is 5.02 Å². The van der Waals surface area contributed by atoms with E-state index in [-0.39, 0.29) is 18.3 Å². The van der Waals surface area contributed by atoms with Crippen LogP contribution >= 0.6 is 11.6 Å². The zero-order valence-electron chi connectivity index (χ0n) is 21.8. The highest BCUT2D eigenvalue weighted by Gasteiger charge is 2.23. The van der Waals surface area contributed by atoms with Crippen LogP contribution in [0, 0.1) is 5.82 Å². The minimum absolute atomic E-state index is 0.146. The first-order valence-electron chi connectivity index (χ1n) is 13.0. The minimum Gasteiger partial charge on any atom is -0.352 e. The van der Waals surface area contributed by atoms with Gasteiger partial charge in [-0.3, -0.25) is 14.8 Å². The van der Waals surface area contributed by atoms with Gasteiger partial charge in [0.15, 0.2) is 0 Å². The number of hydrogen-bond acceptors (Lipinski definition) is 6. The Labute approximate surface area is 241 Å². The molecule has 9 heteroatoms. The standard InChI is InChI=1S/C32H24ClFN6O/c33-23-7-10-25-27(17-23)30(26-3-1-2-4-28(26)34)37-18-22-19-38-32(40-29(22)25)39-24-8-5-21(6-9-24)31(41)36-16-13-20-11-14-35-15-12-20/h1-12,14-15,17,19H,13,16,18H2,(H,36,41)(H,38,39,40). The number of halogens is 2. The van der Waals surface area contributed by atoms with Crippen molar-refractivity contribution in [3.8, 4) is 11.3 Å². The quantitative estimate of drug-likeness (QED) is 0.239. The lowest BCUT2D eigenvalue weighted by Crippen LogP contribution is -2.25. The number of aliphatic imine (C=N–C) groups is 1. The van der Waals surface area contributed by atoms with Crippen molar-refractivity contribution in [2.24, 2.45) is 4.99 Å². The van der Waals surface area contributed by atoms with E-state index in [4.69, 9.17) is 21.6 Å². The van der Waals surface area contributed by atoms with E-state index in [9.17, 15) is 9.18 Å². The predicted octanol–water partition coefficient (Wildman–Crippen LogP) is 6.40. The number of anilines is 2. The van der Waals surface area contributed by atoms with Gasteiger partial charge in [0, 0.05) is 63.7 Å². The van der Waals surface area contributed by atoms with Crippen molar-refractivity contribution in [3.63, 3.8) is 0 Å². The number of aromatic nitrogens is 3. The van der Waals surface area contributed by atoms with Crippen LogP contribution in [0.3, 0.4) is 0 Å². The number of nitrogens with one attached hydrogen (secondary N) is 2. The highest BCUT2D eigenvalue weighted by molar-refractivity contribution is 6.31. The van der Waals surface area contributed by atoms with E-state index in [1.54, 1.807) is 73.2 Å². The van der Waals surface area contributed by atoms with Gasteiger partial charge in [-0.1, -0.05) is 29.8 Å². The van der Waals surface area contributed by atoms with Crippen molar-refractivity contribution in [2.45, 2.75) is 13.0 Å². The fourth-order valence-corrected chi connectivity index (χ4v) is 4.85. The van der Waals surface area contributed by atoms with Gasteiger partial charge in [0.05, 0.1) is 18.0 Å². The summed E-state index contributed by atoms with van der Waals surface area (Å²) in [7, 11) is 0. The average Bonchev–Trinajstić information content (AvgIpc) is 3.14. The van der Waals surface area contributed by atoms with E-state index < -0.39 is 0 Å². The first-order chi connectivity index (χ1) is 20.0. The molecular weight excluding hydrogens is 539 g/mol. The highest BCUT2D eigenvalue weighted by Crippen LogP contribution is 2.34. The number of amides is 1. The summed E-state index contributed by atoms with van der Waals surface area (Å²) < 4.78 is 14.8. The number of carbonyl (C=O) groups excluding carboxylic acids is 1. The number of pyridine rings is 1. The Bertz CT molecular complexity index is 1760. The lowest BCUT2D eigenvalue weighted by Gasteiger charge is -2.13. The molecule has 202 valence electrons. The smallest absolute Gasteiger partial charge is 0.251 e. The number of carbonyl (C=O) groups is 1. The molecule has 0 spiro atoms. The van der Waals surface area contributed by atoms with E-state index in [1.165, 1.54) is 6.07 Å². The zero-order valence-corrected chi connectivity index (χ0v) is 22.6. The minimum atomic E-state index is -0.359. The van der Waals surface area contributed by atoms with Gasteiger partial charge in [-0.25, -0.2) is 14.4 Å². The summed E-state index contributed by atoms with van der Waals surface area (Å²) in [5.74, 6) is -0.121. The lowest BCUT2D eigenvalue weighted by atomic mass is 9.95. The van der Waals surface area contributed by atoms with Crippen molar-refractivity contribution in [1.82, 2.24) is 20.3 Å². The van der Waals surface area contributed by atoms with Gasteiger partial charge in [-0.2, -0.15) is 0 Å². The van der Waals surface area contributed by atoms with Crippen molar-refractivity contribution >= 4 is 34.9 Å². The van der Waals surface area contributed by atoms with Gasteiger partial charge in [-0.15, -0.1) is 0 Å². The summed E-state index contributed by atoms with van der Waals surface area (Å²) in [5.41, 5.74) is 6.29. The summed E-state index contributed by atoms with van der Waals surface area (Å²) in [6.45, 7) is 0.817. The third kappa shape index (κ3) is 5.83. The maximum Gasteiger partial charge on any atom is 0.251 e. The third-order valence-corrected chi connectivity index (χ3v) is 6.98. The highest BCUT2D eigenvalue weighted by atomic mass is 35.5. The number of rotatable bonds is 7. The molecule has 0 aliphatic carbocycles. The van der Waals surface area contributed by atoms with E-state index in [0.717, 1.165) is 28.8 Å². The van der Waals surface area contributed by atoms with Crippen LogP contribution in [0.5, 0.6) is 0 Å². The van der Waals surface area contributed by atoms with Gasteiger partial charge in [-0.05, 0) is 72.6 Å². The molecule has 2 aromatic heterocycles. The summed E-state index contributed by atoms with van der Waals surface area (Å²) in [6.07, 6.45) is 5.93. The Hall–Kier alpha value is -4.95. The Kier molecular flexibility index (Phi) is 7.47. The molecule has 0 radical (unpaired) electrons. The normalized spacial score (nSPS) is 12.0. The molecule has 1 aliphatic heterocycles. The van der Waals surface area contributed by atoms with Gasteiger partial charge in [0.1, 0.15) is 5.82 Å². The van der Waals surface area contributed by atoms with Crippen LogP contribution < -0.4 is 10.6 Å². The van der Waals surface area contributed by atoms with Gasteiger partial charge < -0.3 is 10.6 Å². The second-order valence-electron chi connectivity index (χ2n) is 9.47. The van der Waals surface area contributed by atoms with Crippen molar-refractivity contribution in [2.75, 3.05) is 11.9 Å². The fourth-order valence-electron chi connectivity index (χ4n) is 4.67. The number of benzene rings is 3. The molecule has 7 nitrogen and oxygen atoms in total. The average molecular weight is 563 g/mol. The van der Waals surface area contributed by atoms with Gasteiger partial charge >= 0.3 is 0 Å². The Morgan fingerprint density at radius 1 is 0.927 bits per heavy atom. The topological polar surface area (TPSA) is 92.2 Å². The van der Waals surface area contributed by atoms with E-state index in [1.807, 2.05) is 18.2 Å². The molecule has 41 heavy (non-hydrogen) atoms. The SMILES string of the molecule is O=C(NCCc1ccncc1)c1ccc(Nc2ncc3c(n2)-c2ccc(Cl)cc2C(c2ccccc2F)=NC3)cc1. The Morgan fingerprint density at radius 3 is 2.54 bits per heavy atom. The molecular formula is C32H24ClFN6O. The van der Waals surface area contributed by atoms with Gasteiger partial charge in [0.2, 0.25) is 5.95 Å². The number of nitrogens with zero attached hydrogens (tertiary/aromatic N) is 4. The van der Waals surface area contributed by atoms with E-state index in [0.29, 0.717) is 45.6 Å². The molecule has 0 atom stereocenters. The monoisotopic (exact) mass is 562 g/mol. The maximum absolute atomic E-state index is 14.8. The molecule has 6 rings (SSSR count). The first kappa shape index (κ1) is 26.3. The van der Waals surface area contributed by atoms with Crippen molar-refractivity contribution < 1.29 is 9.18 Å². The van der Waals surface area contributed by atoms with Crippen LogP contribution in [0.15, 0.2) is 102 Å². The molecule has 5 aromatic rings. The van der Waals surface area contributed by atoms with Crippen LogP contribution in [0.4, 0.5) is 16.0 Å². The molecule has 1 aliphatic rings. The molecule has 2 N–H and O–H groups in total. The zero-order chi connectivity index (χ0) is 28.2. The number of fused-ring (bicyclic) bond motifs is 3. The van der Waals surface area contributed by atoms with E-state index in [2.05, 4.69) is 20.6 Å². The molecule has 3 heterocycles. The maximum atomic E-state index is 14.8. The molecule has 0 fully saturated rings. The van der Waals surface area contributed by atoms with Crippen LogP contribution in [0.25, 0.3) is 11.3 Å². The second kappa shape index (κ2) is 11.7.